The van der Waals surface area contributed by atoms with Crippen LogP contribution in [-0.4, -0.2) is 14.5 Å². The molecular formula is C20H17N3OS3. The lowest BCUT2D eigenvalue weighted by molar-refractivity contribution is 0.943. The summed E-state index contributed by atoms with van der Waals surface area (Å²) in [4.78, 5) is 20.1. The summed E-state index contributed by atoms with van der Waals surface area (Å²) in [5.41, 5.74) is 4.98. The molecule has 0 spiro atoms. The number of H-pyrrole nitrogens is 1. The second kappa shape index (κ2) is 7.42. The molecule has 2 aromatic heterocycles. The second-order valence-electron chi connectivity index (χ2n) is 6.34. The summed E-state index contributed by atoms with van der Waals surface area (Å²) in [6, 6.07) is 16.4. The average Bonchev–Trinajstić information content (AvgIpc) is 2.99. The number of hydrogen-bond acceptors (Lipinski definition) is 5. The third-order valence-corrected chi connectivity index (χ3v) is 6.52. The van der Waals surface area contributed by atoms with Gasteiger partial charge in [-0.05, 0) is 43.8 Å². The summed E-state index contributed by atoms with van der Waals surface area (Å²) in [6.45, 7) is 4.11. The van der Waals surface area contributed by atoms with Crippen molar-refractivity contribution in [3.05, 3.63) is 79.5 Å². The van der Waals surface area contributed by atoms with E-state index in [1.54, 1.807) is 0 Å². The zero-order chi connectivity index (χ0) is 19.0. The highest BCUT2D eigenvalue weighted by Gasteiger charge is 2.14. The molecule has 2 aromatic carbocycles. The Labute approximate surface area is 169 Å². The van der Waals surface area contributed by atoms with Crippen molar-refractivity contribution in [3.63, 3.8) is 0 Å². The van der Waals surface area contributed by atoms with E-state index < -0.39 is 0 Å². The number of thioether (sulfide) groups is 1. The van der Waals surface area contributed by atoms with Crippen LogP contribution in [0.3, 0.4) is 0 Å². The maximum Gasteiger partial charge on any atom is 0.271 e. The topological polar surface area (TPSA) is 50.7 Å². The summed E-state index contributed by atoms with van der Waals surface area (Å²) in [7, 11) is 0. The molecule has 0 bridgehead atoms. The van der Waals surface area contributed by atoms with Crippen molar-refractivity contribution >= 4 is 45.7 Å². The van der Waals surface area contributed by atoms with Gasteiger partial charge < -0.3 is 4.98 Å². The fourth-order valence-electron chi connectivity index (χ4n) is 2.72. The number of fused-ring (bicyclic) bond motifs is 1. The van der Waals surface area contributed by atoms with Crippen molar-refractivity contribution in [1.82, 2.24) is 14.5 Å². The number of nitrogens with one attached hydrogen (secondary N) is 1. The van der Waals surface area contributed by atoms with Crippen LogP contribution in [-0.2, 0) is 5.75 Å². The molecule has 136 valence electrons. The molecule has 1 N–H and O–H groups in total. The van der Waals surface area contributed by atoms with Crippen LogP contribution in [0.15, 0.2) is 58.5 Å². The molecule has 2 heterocycles. The highest BCUT2D eigenvalue weighted by molar-refractivity contribution is 7.98. The SMILES string of the molecule is Cc1ccc(CSc2nc3c(sc(=S)n3-c3ccc(C)cc3)c(=O)[nH]2)cc1. The number of nitrogens with zero attached hydrogens (tertiary/aromatic N) is 2. The standard InChI is InChI=1S/C20H17N3OS3/c1-12-3-7-14(8-4-12)11-26-19-21-17-16(18(24)22-19)27-20(25)23(17)15-9-5-13(2)6-10-15/h3-10H,11H2,1-2H3,(H,21,22,24). The van der Waals surface area contributed by atoms with E-state index in [9.17, 15) is 4.79 Å². The number of hydrogen-bond donors (Lipinski definition) is 1. The number of thiazole rings is 1. The highest BCUT2D eigenvalue weighted by atomic mass is 32.2. The lowest BCUT2D eigenvalue weighted by atomic mass is 10.2. The Morgan fingerprint density at radius 2 is 1.70 bits per heavy atom. The number of aromatic amines is 1. The molecule has 7 heteroatoms. The lowest BCUT2D eigenvalue weighted by Crippen LogP contribution is -2.09. The minimum atomic E-state index is -0.145. The molecular weight excluding hydrogens is 394 g/mol. The Morgan fingerprint density at radius 1 is 1.07 bits per heavy atom. The van der Waals surface area contributed by atoms with E-state index in [2.05, 4.69) is 36.2 Å². The molecule has 0 fully saturated rings. The first-order valence-corrected chi connectivity index (χ1v) is 10.6. The van der Waals surface area contributed by atoms with E-state index in [-0.39, 0.29) is 5.56 Å². The molecule has 0 atom stereocenters. The number of aromatic nitrogens is 3. The van der Waals surface area contributed by atoms with Gasteiger partial charge in [0, 0.05) is 11.4 Å². The lowest BCUT2D eigenvalue weighted by Gasteiger charge is -2.06. The van der Waals surface area contributed by atoms with Gasteiger partial charge in [-0.15, -0.1) is 0 Å². The fraction of sp³-hybridized carbons (Fsp3) is 0.150. The molecule has 0 radical (unpaired) electrons. The number of benzene rings is 2. The number of aryl methyl sites for hydroxylation is 2. The van der Waals surface area contributed by atoms with E-state index in [0.29, 0.717) is 19.5 Å². The Balaban J connectivity index is 1.74. The zero-order valence-electron chi connectivity index (χ0n) is 14.9. The summed E-state index contributed by atoms with van der Waals surface area (Å²) >= 11 is 8.31. The van der Waals surface area contributed by atoms with Crippen LogP contribution < -0.4 is 5.56 Å². The van der Waals surface area contributed by atoms with Gasteiger partial charge in [0.05, 0.1) is 0 Å². The smallest absolute Gasteiger partial charge is 0.271 e. The van der Waals surface area contributed by atoms with E-state index in [0.717, 1.165) is 11.4 Å². The third-order valence-electron chi connectivity index (χ3n) is 4.21. The normalized spacial score (nSPS) is 11.2. The molecule has 0 unspecified atom stereocenters. The number of rotatable bonds is 4. The summed E-state index contributed by atoms with van der Waals surface area (Å²) in [5, 5.41) is 0.599. The van der Waals surface area contributed by atoms with Gasteiger partial charge in [0.15, 0.2) is 14.8 Å². The maximum absolute atomic E-state index is 12.5. The molecule has 0 aliphatic rings. The van der Waals surface area contributed by atoms with Crippen molar-refractivity contribution in [3.8, 4) is 5.69 Å². The highest BCUT2D eigenvalue weighted by Crippen LogP contribution is 2.26. The van der Waals surface area contributed by atoms with Gasteiger partial charge in [-0.2, -0.15) is 0 Å². The minimum absolute atomic E-state index is 0.145. The van der Waals surface area contributed by atoms with Gasteiger partial charge in [0.2, 0.25) is 0 Å². The van der Waals surface area contributed by atoms with E-state index in [4.69, 9.17) is 17.2 Å². The van der Waals surface area contributed by atoms with Gasteiger partial charge in [-0.25, -0.2) is 4.98 Å². The van der Waals surface area contributed by atoms with Gasteiger partial charge in [-0.1, -0.05) is 70.6 Å². The molecule has 4 nitrogen and oxygen atoms in total. The second-order valence-corrected chi connectivity index (χ2v) is 8.95. The zero-order valence-corrected chi connectivity index (χ0v) is 17.3. The summed E-state index contributed by atoms with van der Waals surface area (Å²) < 4.78 is 3.05. The fourth-order valence-corrected chi connectivity index (χ4v) is 4.80. The predicted octanol–water partition coefficient (Wildman–Crippen LogP) is 5.41. The molecule has 0 saturated heterocycles. The summed E-state index contributed by atoms with van der Waals surface area (Å²) in [5.74, 6) is 0.740. The minimum Gasteiger partial charge on any atom is -0.300 e. The molecule has 0 saturated carbocycles. The van der Waals surface area contributed by atoms with Crippen molar-refractivity contribution in [1.29, 1.82) is 0 Å². The maximum atomic E-state index is 12.5. The van der Waals surface area contributed by atoms with Crippen molar-refractivity contribution in [2.45, 2.75) is 24.8 Å². The molecule has 4 aromatic rings. The molecule has 0 aliphatic carbocycles. The van der Waals surface area contributed by atoms with Crippen molar-refractivity contribution in [2.75, 3.05) is 0 Å². The largest absolute Gasteiger partial charge is 0.300 e. The third kappa shape index (κ3) is 3.76. The van der Waals surface area contributed by atoms with Crippen molar-refractivity contribution in [2.24, 2.45) is 0 Å². The van der Waals surface area contributed by atoms with Gasteiger partial charge >= 0.3 is 0 Å². The molecule has 0 aliphatic heterocycles. The Bertz CT molecular complexity index is 1220. The van der Waals surface area contributed by atoms with Gasteiger partial charge in [-0.3, -0.25) is 9.36 Å². The Morgan fingerprint density at radius 3 is 2.37 bits per heavy atom. The Hall–Kier alpha value is -2.22. The summed E-state index contributed by atoms with van der Waals surface area (Å²) in [6.07, 6.45) is 0. The first-order valence-electron chi connectivity index (χ1n) is 8.42. The predicted molar refractivity (Wildman–Crippen MR) is 116 cm³/mol. The van der Waals surface area contributed by atoms with Crippen molar-refractivity contribution < 1.29 is 0 Å². The monoisotopic (exact) mass is 411 g/mol. The molecule has 27 heavy (non-hydrogen) atoms. The van der Waals surface area contributed by atoms with Crippen LogP contribution in [0.5, 0.6) is 0 Å². The average molecular weight is 412 g/mol. The van der Waals surface area contributed by atoms with Crippen LogP contribution >= 0.6 is 35.3 Å². The van der Waals surface area contributed by atoms with E-state index in [1.165, 1.54) is 39.8 Å². The Kier molecular flexibility index (Phi) is 4.99. The van der Waals surface area contributed by atoms with Crippen LogP contribution in [0, 0.1) is 17.8 Å². The quantitative estimate of drug-likeness (QED) is 0.277. The van der Waals surface area contributed by atoms with Crippen LogP contribution in [0.2, 0.25) is 0 Å². The van der Waals surface area contributed by atoms with E-state index in [1.807, 2.05) is 35.8 Å². The molecule has 4 rings (SSSR count). The van der Waals surface area contributed by atoms with E-state index >= 15 is 0 Å². The first kappa shape index (κ1) is 18.2. The van der Waals surface area contributed by atoms with Crippen LogP contribution in [0.25, 0.3) is 16.0 Å². The van der Waals surface area contributed by atoms with Crippen LogP contribution in [0.4, 0.5) is 0 Å². The first-order chi connectivity index (χ1) is 13.0. The molecule has 0 amide bonds. The van der Waals surface area contributed by atoms with Gasteiger partial charge in [0.25, 0.3) is 5.56 Å². The van der Waals surface area contributed by atoms with Gasteiger partial charge in [0.1, 0.15) is 4.70 Å². The van der Waals surface area contributed by atoms with Crippen LogP contribution in [0.1, 0.15) is 16.7 Å².